The number of aliphatic carboxylic acids is 2. The van der Waals surface area contributed by atoms with Gasteiger partial charge in [-0.3, -0.25) is 0 Å². The van der Waals surface area contributed by atoms with Gasteiger partial charge in [0, 0.05) is 12.4 Å². The molecule has 32 heavy (non-hydrogen) atoms. The normalized spacial score (nSPS) is 10.5. The van der Waals surface area contributed by atoms with Gasteiger partial charge in [-0.2, -0.15) is 0 Å². The molecule has 2 rings (SSSR count). The second-order valence-electron chi connectivity index (χ2n) is 7.34. The van der Waals surface area contributed by atoms with Gasteiger partial charge in [-0.1, -0.05) is 60.7 Å². The molecule has 6 heteroatoms. The zero-order chi connectivity index (χ0) is 24.0. The molecule has 5 nitrogen and oxygen atoms in total. The van der Waals surface area contributed by atoms with Crippen molar-refractivity contribution in [2.75, 3.05) is 0 Å². The van der Waals surface area contributed by atoms with Gasteiger partial charge in [-0.25, -0.2) is 0 Å². The molecule has 0 aliphatic rings. The number of carboxylic acid groups (broad SMARTS) is 2. The van der Waals surface area contributed by atoms with Crippen LogP contribution in [0.25, 0.3) is 0 Å². The zero-order valence-electron chi connectivity index (χ0n) is 19.3. The van der Waals surface area contributed by atoms with Crippen LogP contribution in [0.5, 0.6) is 0 Å². The first kappa shape index (κ1) is 30.1. The standard InChI is InChI=1S/C14H14.C4H6O5.2C4H9.Sn/c1-3-7-13(8-4-1)11-12-14-9-5-2-6-10-14;5-2(4(8)9)1-3(6)7;2*1-3-4-2;/h1-10H,11-12H2;2,5H,1H2,(H,6,7)(H,8,9);2*1,3-4H2,2H3;/q;;;;+2/p-2. The van der Waals surface area contributed by atoms with Crippen LogP contribution in [0.4, 0.5) is 0 Å². The van der Waals surface area contributed by atoms with Crippen molar-refractivity contribution >= 4 is 33.1 Å². The molecule has 0 aliphatic carbocycles. The minimum Gasteiger partial charge on any atom is -0.550 e. The zero-order valence-corrected chi connectivity index (χ0v) is 22.1. The van der Waals surface area contributed by atoms with Crippen LogP contribution >= 0.6 is 0 Å². The predicted octanol–water partition coefficient (Wildman–Crippen LogP) is 2.84. The number of hydrogen-bond donors (Lipinski definition) is 1. The molecule has 0 aliphatic heterocycles. The molecule has 0 radical (unpaired) electrons. The molecule has 0 fully saturated rings. The minimum atomic E-state index is -1.96. The van der Waals surface area contributed by atoms with Gasteiger partial charge < -0.3 is 24.9 Å². The number of hydrogen-bond acceptors (Lipinski definition) is 5. The summed E-state index contributed by atoms with van der Waals surface area (Å²) >= 11 is 0.149. The maximum Gasteiger partial charge on any atom is 0.0985 e. The Morgan fingerprint density at radius 1 is 0.812 bits per heavy atom. The van der Waals surface area contributed by atoms with E-state index in [1.165, 1.54) is 36.8 Å². The first-order valence-corrected chi connectivity index (χ1v) is 15.3. The molecule has 0 aromatic heterocycles. The smallest absolute Gasteiger partial charge is 0.0985 e. The Morgan fingerprint density at radius 2 is 1.22 bits per heavy atom. The summed E-state index contributed by atoms with van der Waals surface area (Å²) in [6.45, 7) is 4.58. The van der Waals surface area contributed by atoms with E-state index in [9.17, 15) is 19.8 Å². The number of rotatable bonds is 12. The first-order valence-electron chi connectivity index (χ1n) is 11.3. The molecule has 0 bridgehead atoms. The Hall–Kier alpha value is -1.86. The maximum atomic E-state index is 9.58. The summed E-state index contributed by atoms with van der Waals surface area (Å²) in [5.74, 6) is -3.43. The summed E-state index contributed by atoms with van der Waals surface area (Å²) in [4.78, 5) is 19.1. The van der Waals surface area contributed by atoms with Crippen molar-refractivity contribution in [1.29, 1.82) is 0 Å². The number of benzene rings is 2. The van der Waals surface area contributed by atoms with E-state index in [4.69, 9.17) is 5.11 Å². The summed E-state index contributed by atoms with van der Waals surface area (Å²) < 4.78 is 3.25. The summed E-state index contributed by atoms with van der Waals surface area (Å²) in [5, 5.41) is 27.3. The van der Waals surface area contributed by atoms with E-state index >= 15 is 0 Å². The third-order valence-electron chi connectivity index (χ3n) is 4.43. The number of carbonyl (C=O) groups is 2. The maximum absolute atomic E-state index is 9.58. The van der Waals surface area contributed by atoms with Gasteiger partial charge in [0.15, 0.2) is 0 Å². The third-order valence-corrected chi connectivity index (χ3v) is 8.47. The topological polar surface area (TPSA) is 100 Å². The van der Waals surface area contributed by atoms with Crippen molar-refractivity contribution in [3.05, 3.63) is 71.8 Å². The van der Waals surface area contributed by atoms with Gasteiger partial charge in [0.2, 0.25) is 0 Å². The number of aliphatic hydroxyl groups excluding tert-OH is 1. The van der Waals surface area contributed by atoms with E-state index in [1.807, 2.05) is 0 Å². The predicted molar refractivity (Wildman–Crippen MR) is 126 cm³/mol. The number of carbonyl (C=O) groups excluding carboxylic acids is 2. The van der Waals surface area contributed by atoms with E-state index in [2.05, 4.69) is 74.5 Å². The number of unbranched alkanes of at least 4 members (excludes halogenated alkanes) is 2. The van der Waals surface area contributed by atoms with Crippen molar-refractivity contribution < 1.29 is 24.9 Å². The monoisotopic (exact) mass is 548 g/mol. The molecular weight excluding hydrogens is 511 g/mol. The number of aliphatic hydroxyl groups is 1. The van der Waals surface area contributed by atoms with E-state index < -0.39 is 24.5 Å². The molecule has 1 unspecified atom stereocenters. The molecule has 0 amide bonds. The summed E-state index contributed by atoms with van der Waals surface area (Å²) in [6, 6.07) is 21.2. The van der Waals surface area contributed by atoms with Gasteiger partial charge in [0.25, 0.3) is 0 Å². The fourth-order valence-electron chi connectivity index (χ4n) is 2.55. The average molecular weight is 547 g/mol. The van der Waals surface area contributed by atoms with Crippen molar-refractivity contribution in [3.63, 3.8) is 0 Å². The Labute approximate surface area is 203 Å². The SMILES string of the molecule is CCC[CH2][Sn+2][CH2]CCC.O=C([O-])CC(O)C(=O)[O-].c1ccc(CCc2ccccc2)cc1. The van der Waals surface area contributed by atoms with Crippen LogP contribution in [0.1, 0.15) is 57.1 Å². The molecule has 1 N–H and O–H groups in total. The van der Waals surface area contributed by atoms with Crippen LogP contribution < -0.4 is 10.2 Å². The van der Waals surface area contributed by atoms with Gasteiger partial charge in [-0.15, -0.1) is 0 Å². The minimum absolute atomic E-state index is 0.149. The van der Waals surface area contributed by atoms with Crippen LogP contribution in [0.3, 0.4) is 0 Å². The van der Waals surface area contributed by atoms with Crippen LogP contribution in [0, 0.1) is 0 Å². The van der Waals surface area contributed by atoms with Gasteiger partial charge in [-0.05, 0) is 24.0 Å². The molecule has 1 atom stereocenters. The Kier molecular flexibility index (Phi) is 19.8. The molecule has 0 saturated carbocycles. The summed E-state index contributed by atoms with van der Waals surface area (Å²) in [7, 11) is 0. The van der Waals surface area contributed by atoms with Gasteiger partial charge >= 0.3 is 69.5 Å². The second kappa shape index (κ2) is 21.0. The molecule has 0 saturated heterocycles. The van der Waals surface area contributed by atoms with E-state index in [0.29, 0.717) is 0 Å². The third kappa shape index (κ3) is 18.9. The Bertz CT molecular complexity index is 661. The molecule has 0 heterocycles. The second-order valence-corrected chi connectivity index (χ2v) is 11.6. The fraction of sp³-hybridized carbons (Fsp3) is 0.462. The Balaban J connectivity index is 0.000000474. The fourth-order valence-corrected chi connectivity index (χ4v) is 6.71. The molecule has 2 aromatic rings. The molecule has 0 spiro atoms. The largest absolute Gasteiger partial charge is 0.550 e. The van der Waals surface area contributed by atoms with Gasteiger partial charge in [0.1, 0.15) is 0 Å². The van der Waals surface area contributed by atoms with E-state index in [-0.39, 0.29) is 21.1 Å². The van der Waals surface area contributed by atoms with Crippen molar-refractivity contribution in [1.82, 2.24) is 0 Å². The molecule has 174 valence electrons. The quantitative estimate of drug-likeness (QED) is 0.326. The first-order chi connectivity index (χ1) is 15.4. The summed E-state index contributed by atoms with van der Waals surface area (Å²) in [5.41, 5.74) is 2.83. The summed E-state index contributed by atoms with van der Waals surface area (Å²) in [6.07, 6.45) is 5.21. The van der Waals surface area contributed by atoms with Crippen molar-refractivity contribution in [2.45, 2.75) is 73.8 Å². The van der Waals surface area contributed by atoms with Crippen molar-refractivity contribution in [2.24, 2.45) is 0 Å². The van der Waals surface area contributed by atoms with E-state index in [0.717, 1.165) is 12.8 Å². The van der Waals surface area contributed by atoms with Crippen LogP contribution in [-0.2, 0) is 22.4 Å². The van der Waals surface area contributed by atoms with Gasteiger partial charge in [0.05, 0.1) is 12.1 Å². The number of aryl methyl sites for hydroxylation is 2. The average Bonchev–Trinajstić information content (AvgIpc) is 2.79. The van der Waals surface area contributed by atoms with Crippen molar-refractivity contribution in [3.8, 4) is 0 Å². The van der Waals surface area contributed by atoms with E-state index in [1.54, 1.807) is 8.87 Å². The van der Waals surface area contributed by atoms with Crippen LogP contribution in [0.2, 0.25) is 8.87 Å². The number of carboxylic acids is 2. The van der Waals surface area contributed by atoms with Crippen LogP contribution in [-0.4, -0.2) is 44.3 Å². The van der Waals surface area contributed by atoms with Crippen LogP contribution in [0.15, 0.2) is 60.7 Å². The Morgan fingerprint density at radius 3 is 1.50 bits per heavy atom. The molecule has 2 aromatic carbocycles. The molecular formula is C26H36O5Sn.